The van der Waals surface area contributed by atoms with E-state index in [2.05, 4.69) is 10.2 Å². The molecule has 2 saturated heterocycles. The zero-order valence-electron chi connectivity index (χ0n) is 19.4. The van der Waals surface area contributed by atoms with Crippen LogP contribution in [-0.4, -0.2) is 83.9 Å². The van der Waals surface area contributed by atoms with Gasteiger partial charge in [-0.1, -0.05) is 18.2 Å². The number of hydrogen-bond donors (Lipinski definition) is 2. The second-order valence-corrected chi connectivity index (χ2v) is 8.34. The van der Waals surface area contributed by atoms with Crippen LogP contribution in [0.2, 0.25) is 0 Å². The maximum Gasteiger partial charge on any atom is 0.490 e. The molecule has 1 atom stereocenters. The first-order valence-corrected chi connectivity index (χ1v) is 11.3. The number of ether oxygens (including phenoxy) is 1. The zero-order chi connectivity index (χ0) is 25.3. The van der Waals surface area contributed by atoms with E-state index in [9.17, 15) is 22.8 Å². The fourth-order valence-corrected chi connectivity index (χ4v) is 4.18. The molecule has 3 rings (SSSR count). The largest absolute Gasteiger partial charge is 0.490 e. The number of likely N-dealkylation sites (tertiary alicyclic amines) is 2. The van der Waals surface area contributed by atoms with Crippen molar-refractivity contribution in [3.05, 3.63) is 35.4 Å². The number of halogens is 3. The third-order valence-corrected chi connectivity index (χ3v) is 5.93. The number of amides is 2. The van der Waals surface area contributed by atoms with Crippen LogP contribution in [0, 0.1) is 6.92 Å². The summed E-state index contributed by atoms with van der Waals surface area (Å²) in [6.45, 7) is 7.69. The SMILES string of the molecule is CCOC(=O)N1CCC(N2CCCC(NC(=O)c3ccccc3C)C2)CC1.O=C(O)C(F)(F)F. The lowest BCUT2D eigenvalue weighted by Crippen LogP contribution is -2.54. The Labute approximate surface area is 197 Å². The number of nitrogens with one attached hydrogen (secondary N) is 1. The third kappa shape index (κ3) is 8.19. The second kappa shape index (κ2) is 12.6. The lowest BCUT2D eigenvalue weighted by atomic mass is 9.97. The number of aryl methyl sites for hydroxylation is 1. The number of rotatable bonds is 4. The number of benzene rings is 1. The van der Waals surface area contributed by atoms with Crippen molar-refractivity contribution in [3.8, 4) is 0 Å². The molecule has 2 aliphatic rings. The van der Waals surface area contributed by atoms with Crippen molar-refractivity contribution >= 4 is 18.0 Å². The van der Waals surface area contributed by atoms with Crippen LogP contribution >= 0.6 is 0 Å². The fraction of sp³-hybridized carbons (Fsp3) is 0.609. The van der Waals surface area contributed by atoms with Gasteiger partial charge >= 0.3 is 18.2 Å². The van der Waals surface area contributed by atoms with E-state index in [1.165, 1.54) is 0 Å². The van der Waals surface area contributed by atoms with Crippen molar-refractivity contribution < 1.29 is 37.4 Å². The highest BCUT2D eigenvalue weighted by Gasteiger charge is 2.38. The lowest BCUT2D eigenvalue weighted by molar-refractivity contribution is -0.192. The van der Waals surface area contributed by atoms with Gasteiger partial charge in [0.05, 0.1) is 6.61 Å². The highest BCUT2D eigenvalue weighted by molar-refractivity contribution is 5.95. The maximum atomic E-state index is 12.6. The van der Waals surface area contributed by atoms with Crippen LogP contribution in [0.5, 0.6) is 0 Å². The summed E-state index contributed by atoms with van der Waals surface area (Å²) in [5.74, 6) is -2.73. The average molecular weight is 488 g/mol. The molecule has 2 heterocycles. The molecule has 2 aliphatic heterocycles. The maximum absolute atomic E-state index is 12.6. The number of hydrogen-bond acceptors (Lipinski definition) is 5. The van der Waals surface area contributed by atoms with Crippen molar-refractivity contribution in [1.29, 1.82) is 0 Å². The van der Waals surface area contributed by atoms with Crippen LogP contribution in [-0.2, 0) is 9.53 Å². The first-order chi connectivity index (χ1) is 16.0. The van der Waals surface area contributed by atoms with Crippen molar-refractivity contribution in [2.24, 2.45) is 0 Å². The number of nitrogens with zero attached hydrogens (tertiary/aromatic N) is 2. The van der Waals surface area contributed by atoms with E-state index in [4.69, 9.17) is 14.6 Å². The molecule has 0 spiro atoms. The zero-order valence-corrected chi connectivity index (χ0v) is 19.4. The Morgan fingerprint density at radius 1 is 1.12 bits per heavy atom. The lowest BCUT2D eigenvalue weighted by Gasteiger charge is -2.42. The van der Waals surface area contributed by atoms with E-state index in [0.29, 0.717) is 12.6 Å². The molecule has 0 radical (unpaired) electrons. The quantitative estimate of drug-likeness (QED) is 0.675. The standard InChI is InChI=1S/C21H31N3O3.C2HF3O2/c1-3-27-21(26)23-13-10-18(11-14-23)24-12-6-8-17(15-24)22-20(25)19-9-5-4-7-16(19)2;3-2(4,5)1(6)7/h4-5,7,9,17-18H,3,6,8,10-15H2,1-2H3,(H,22,25);(H,6,7). The molecule has 0 aliphatic carbocycles. The average Bonchev–Trinajstić information content (AvgIpc) is 2.79. The molecule has 8 nitrogen and oxygen atoms in total. The Bertz CT molecular complexity index is 841. The molecule has 190 valence electrons. The number of carbonyl (C=O) groups excluding carboxylic acids is 2. The summed E-state index contributed by atoms with van der Waals surface area (Å²) >= 11 is 0. The van der Waals surface area contributed by atoms with Gasteiger partial charge in [-0.05, 0) is 57.7 Å². The Hall–Kier alpha value is -2.82. The molecule has 1 aromatic rings. The van der Waals surface area contributed by atoms with Crippen LogP contribution in [0.3, 0.4) is 0 Å². The van der Waals surface area contributed by atoms with E-state index in [-0.39, 0.29) is 18.0 Å². The Morgan fingerprint density at radius 2 is 1.74 bits per heavy atom. The number of carboxylic acid groups (broad SMARTS) is 1. The molecule has 2 N–H and O–H groups in total. The monoisotopic (exact) mass is 487 g/mol. The summed E-state index contributed by atoms with van der Waals surface area (Å²) in [7, 11) is 0. The highest BCUT2D eigenvalue weighted by Crippen LogP contribution is 2.22. The van der Waals surface area contributed by atoms with E-state index in [0.717, 1.165) is 63.0 Å². The van der Waals surface area contributed by atoms with Crippen LogP contribution in [0.25, 0.3) is 0 Å². The van der Waals surface area contributed by atoms with Crippen molar-refractivity contribution in [1.82, 2.24) is 15.1 Å². The van der Waals surface area contributed by atoms with Gasteiger partial charge in [0, 0.05) is 37.3 Å². The van der Waals surface area contributed by atoms with Gasteiger partial charge in [-0.25, -0.2) is 9.59 Å². The van der Waals surface area contributed by atoms with Crippen molar-refractivity contribution in [3.63, 3.8) is 0 Å². The molecule has 2 fully saturated rings. The molecular formula is C23H32F3N3O5. The first-order valence-electron chi connectivity index (χ1n) is 11.3. The molecule has 11 heteroatoms. The van der Waals surface area contributed by atoms with E-state index < -0.39 is 12.1 Å². The van der Waals surface area contributed by atoms with Crippen molar-refractivity contribution in [2.75, 3.05) is 32.8 Å². The summed E-state index contributed by atoms with van der Waals surface area (Å²) in [6, 6.07) is 8.39. The second-order valence-electron chi connectivity index (χ2n) is 8.34. The minimum Gasteiger partial charge on any atom is -0.475 e. The van der Waals surface area contributed by atoms with E-state index >= 15 is 0 Å². The predicted octanol–water partition coefficient (Wildman–Crippen LogP) is 3.44. The van der Waals surface area contributed by atoms with E-state index in [1.807, 2.05) is 38.1 Å². The fourth-order valence-electron chi connectivity index (χ4n) is 4.18. The minimum absolute atomic E-state index is 0.0251. The van der Waals surface area contributed by atoms with Gasteiger partial charge in [-0.3, -0.25) is 9.69 Å². The number of carboxylic acids is 1. The summed E-state index contributed by atoms with van der Waals surface area (Å²) in [6.07, 6.45) is -1.22. The molecule has 34 heavy (non-hydrogen) atoms. The Morgan fingerprint density at radius 3 is 2.29 bits per heavy atom. The van der Waals surface area contributed by atoms with Gasteiger partial charge in [-0.15, -0.1) is 0 Å². The van der Waals surface area contributed by atoms with Gasteiger partial charge in [-0.2, -0.15) is 13.2 Å². The molecule has 0 saturated carbocycles. The number of aliphatic carboxylic acids is 1. The van der Waals surface area contributed by atoms with Gasteiger partial charge in [0.1, 0.15) is 0 Å². The van der Waals surface area contributed by atoms with Crippen LogP contribution < -0.4 is 5.32 Å². The molecule has 1 aromatic carbocycles. The highest BCUT2D eigenvalue weighted by atomic mass is 19.4. The number of piperidine rings is 2. The van der Waals surface area contributed by atoms with Gasteiger partial charge in [0.2, 0.25) is 0 Å². The Balaban J connectivity index is 0.000000509. The predicted molar refractivity (Wildman–Crippen MR) is 119 cm³/mol. The molecule has 0 bridgehead atoms. The van der Waals surface area contributed by atoms with Gasteiger partial charge in [0.15, 0.2) is 0 Å². The molecular weight excluding hydrogens is 455 g/mol. The third-order valence-electron chi connectivity index (χ3n) is 5.93. The molecule has 1 unspecified atom stereocenters. The van der Waals surface area contributed by atoms with Gasteiger partial charge in [0.25, 0.3) is 5.91 Å². The van der Waals surface area contributed by atoms with Crippen LogP contribution in [0.1, 0.15) is 48.5 Å². The summed E-state index contributed by atoms with van der Waals surface area (Å²) < 4.78 is 36.8. The molecule has 2 amide bonds. The number of alkyl halides is 3. The smallest absolute Gasteiger partial charge is 0.475 e. The minimum atomic E-state index is -5.08. The summed E-state index contributed by atoms with van der Waals surface area (Å²) in [5, 5.41) is 10.3. The van der Waals surface area contributed by atoms with E-state index in [1.54, 1.807) is 4.90 Å². The van der Waals surface area contributed by atoms with Crippen LogP contribution in [0.4, 0.5) is 18.0 Å². The molecule has 0 aromatic heterocycles. The first kappa shape index (κ1) is 27.4. The Kier molecular flexibility index (Phi) is 10.2. The van der Waals surface area contributed by atoms with Crippen LogP contribution in [0.15, 0.2) is 24.3 Å². The topological polar surface area (TPSA) is 99.2 Å². The number of carbonyl (C=O) groups is 3. The summed E-state index contributed by atoms with van der Waals surface area (Å²) in [5.41, 5.74) is 1.77. The van der Waals surface area contributed by atoms with Gasteiger partial charge < -0.3 is 20.1 Å². The van der Waals surface area contributed by atoms with Crippen molar-refractivity contribution in [2.45, 2.75) is 57.8 Å². The summed E-state index contributed by atoms with van der Waals surface area (Å²) in [4.78, 5) is 37.7. The normalized spacial score (nSPS) is 19.6.